The van der Waals surface area contributed by atoms with Crippen LogP contribution in [0.25, 0.3) is 0 Å². The highest BCUT2D eigenvalue weighted by molar-refractivity contribution is 5.92. The minimum absolute atomic E-state index is 0.0903. The molecule has 1 amide bonds. The second kappa shape index (κ2) is 6.74. The first-order valence-corrected chi connectivity index (χ1v) is 8.56. The van der Waals surface area contributed by atoms with Crippen LogP contribution in [0.2, 0.25) is 0 Å². The van der Waals surface area contributed by atoms with Gasteiger partial charge in [0.2, 0.25) is 12.7 Å². The zero-order chi connectivity index (χ0) is 18.1. The largest absolute Gasteiger partial charge is 0.484 e. The van der Waals surface area contributed by atoms with E-state index < -0.39 is 0 Å². The van der Waals surface area contributed by atoms with Crippen LogP contribution < -0.4 is 14.2 Å². The van der Waals surface area contributed by atoms with Crippen molar-refractivity contribution in [3.63, 3.8) is 0 Å². The summed E-state index contributed by atoms with van der Waals surface area (Å²) in [7, 11) is 0. The van der Waals surface area contributed by atoms with Gasteiger partial charge < -0.3 is 23.5 Å². The molecular formula is C19H20N2O5. The first-order valence-electron chi connectivity index (χ1n) is 8.56. The van der Waals surface area contributed by atoms with Crippen molar-refractivity contribution in [3.05, 3.63) is 48.2 Å². The lowest BCUT2D eigenvalue weighted by atomic mass is 10.0. The number of oxazole rings is 1. The molecular weight excluding hydrogens is 336 g/mol. The molecule has 2 aromatic rings. The van der Waals surface area contributed by atoms with Crippen LogP contribution in [0.1, 0.15) is 30.2 Å². The molecule has 0 aliphatic carbocycles. The van der Waals surface area contributed by atoms with Gasteiger partial charge in [0.15, 0.2) is 23.8 Å². The quantitative estimate of drug-likeness (QED) is 0.767. The van der Waals surface area contributed by atoms with Crippen molar-refractivity contribution in [2.45, 2.75) is 26.5 Å². The predicted octanol–water partition coefficient (Wildman–Crippen LogP) is 3.02. The third kappa shape index (κ3) is 3.12. The lowest BCUT2D eigenvalue weighted by Gasteiger charge is -2.26. The number of ether oxygens (including phenoxy) is 3. The number of hydrogen-bond donors (Lipinski definition) is 0. The van der Waals surface area contributed by atoms with Gasteiger partial charge in [0.25, 0.3) is 5.91 Å². The molecule has 1 aromatic heterocycles. The molecule has 2 aliphatic rings. The van der Waals surface area contributed by atoms with Gasteiger partial charge in [-0.05, 0) is 18.1 Å². The lowest BCUT2D eigenvalue weighted by Crippen LogP contribution is -2.39. The Labute approximate surface area is 151 Å². The third-order valence-electron chi connectivity index (χ3n) is 4.42. The molecule has 0 radical (unpaired) electrons. The summed E-state index contributed by atoms with van der Waals surface area (Å²) in [4.78, 5) is 18.7. The van der Waals surface area contributed by atoms with Crippen LogP contribution in [0, 0.1) is 5.92 Å². The fourth-order valence-electron chi connectivity index (χ4n) is 3.07. The zero-order valence-electron chi connectivity index (χ0n) is 14.7. The maximum atomic E-state index is 12.7. The first-order chi connectivity index (χ1) is 12.6. The van der Waals surface area contributed by atoms with Gasteiger partial charge in [-0.15, -0.1) is 0 Å². The lowest BCUT2D eigenvalue weighted by molar-refractivity contribution is 0.0714. The van der Waals surface area contributed by atoms with Crippen LogP contribution in [0.5, 0.6) is 17.2 Å². The Balaban J connectivity index is 1.39. The van der Waals surface area contributed by atoms with Gasteiger partial charge in [0.05, 0.1) is 6.04 Å². The number of amides is 1. The minimum Gasteiger partial charge on any atom is -0.484 e. The van der Waals surface area contributed by atoms with Crippen molar-refractivity contribution in [2.75, 3.05) is 13.3 Å². The zero-order valence-corrected chi connectivity index (χ0v) is 14.7. The molecule has 4 rings (SSSR count). The fourth-order valence-corrected chi connectivity index (χ4v) is 3.07. The van der Waals surface area contributed by atoms with E-state index in [1.807, 2.05) is 6.08 Å². The summed E-state index contributed by atoms with van der Waals surface area (Å²) in [5.41, 5.74) is 0.295. The second-order valence-electron chi connectivity index (χ2n) is 6.55. The normalized spacial score (nSPS) is 18.0. The van der Waals surface area contributed by atoms with E-state index in [0.29, 0.717) is 41.3 Å². The molecule has 0 spiro atoms. The SMILES string of the molecule is CC(C)[C@@H]1C=CCN1C(=O)c1coc(COc2ccc3c(c2)OCO3)n1. The number of aromatic nitrogens is 1. The van der Waals surface area contributed by atoms with E-state index in [2.05, 4.69) is 24.9 Å². The van der Waals surface area contributed by atoms with Crippen molar-refractivity contribution in [2.24, 2.45) is 5.92 Å². The Bertz CT molecular complexity index is 842. The molecule has 2 aliphatic heterocycles. The fraction of sp³-hybridized carbons (Fsp3) is 0.368. The van der Waals surface area contributed by atoms with Crippen LogP contribution >= 0.6 is 0 Å². The smallest absolute Gasteiger partial charge is 0.276 e. The molecule has 1 aromatic carbocycles. The Morgan fingerprint density at radius 1 is 1.35 bits per heavy atom. The van der Waals surface area contributed by atoms with Crippen LogP contribution in [0.3, 0.4) is 0 Å². The van der Waals surface area contributed by atoms with Gasteiger partial charge in [0, 0.05) is 12.6 Å². The minimum atomic E-state index is -0.133. The van der Waals surface area contributed by atoms with Crippen molar-refractivity contribution < 1.29 is 23.4 Å². The van der Waals surface area contributed by atoms with Gasteiger partial charge in [-0.3, -0.25) is 4.79 Å². The monoisotopic (exact) mass is 356 g/mol. The summed E-state index contributed by atoms with van der Waals surface area (Å²) in [6, 6.07) is 5.41. The van der Waals surface area contributed by atoms with Crippen LogP contribution in [0.15, 0.2) is 41.0 Å². The first kappa shape index (κ1) is 16.5. The third-order valence-corrected chi connectivity index (χ3v) is 4.42. The maximum Gasteiger partial charge on any atom is 0.276 e. The number of benzene rings is 1. The number of carbonyl (C=O) groups is 1. The number of nitrogens with zero attached hydrogens (tertiary/aromatic N) is 2. The van der Waals surface area contributed by atoms with E-state index >= 15 is 0 Å². The number of fused-ring (bicyclic) bond motifs is 1. The Morgan fingerprint density at radius 3 is 3.04 bits per heavy atom. The highest BCUT2D eigenvalue weighted by Gasteiger charge is 2.29. The standard InChI is InChI=1S/C19H20N2O5/c1-12(2)15-4-3-7-21(15)19(22)14-9-24-18(20-14)10-23-13-5-6-16-17(8-13)26-11-25-16/h3-6,8-9,12,15H,7,10-11H2,1-2H3/t15-/m0/s1. The average Bonchev–Trinajstić information content (AvgIpc) is 3.38. The maximum absolute atomic E-state index is 12.7. The number of hydrogen-bond acceptors (Lipinski definition) is 6. The molecule has 0 N–H and O–H groups in total. The molecule has 136 valence electrons. The summed E-state index contributed by atoms with van der Waals surface area (Å²) in [5, 5.41) is 0. The van der Waals surface area contributed by atoms with Gasteiger partial charge in [0.1, 0.15) is 12.0 Å². The van der Waals surface area contributed by atoms with Gasteiger partial charge in [-0.2, -0.15) is 0 Å². The highest BCUT2D eigenvalue weighted by atomic mass is 16.7. The predicted molar refractivity (Wildman–Crippen MR) is 92.2 cm³/mol. The summed E-state index contributed by atoms with van der Waals surface area (Å²) in [5.74, 6) is 2.51. The van der Waals surface area contributed by atoms with Crippen LogP contribution in [-0.4, -0.2) is 35.2 Å². The van der Waals surface area contributed by atoms with E-state index in [1.165, 1.54) is 6.26 Å². The molecule has 0 fully saturated rings. The van der Waals surface area contributed by atoms with Gasteiger partial charge in [-0.25, -0.2) is 4.98 Å². The Morgan fingerprint density at radius 2 is 2.19 bits per heavy atom. The summed E-state index contributed by atoms with van der Waals surface area (Å²) in [6.45, 7) is 5.12. The summed E-state index contributed by atoms with van der Waals surface area (Å²) in [6.07, 6.45) is 5.45. The summed E-state index contributed by atoms with van der Waals surface area (Å²) >= 11 is 0. The molecule has 0 bridgehead atoms. The molecule has 0 saturated carbocycles. The van der Waals surface area contributed by atoms with Gasteiger partial charge in [-0.1, -0.05) is 26.0 Å². The molecule has 0 saturated heterocycles. The molecule has 7 heteroatoms. The van der Waals surface area contributed by atoms with E-state index in [1.54, 1.807) is 23.1 Å². The van der Waals surface area contributed by atoms with Crippen LogP contribution in [-0.2, 0) is 6.61 Å². The van der Waals surface area contributed by atoms with Gasteiger partial charge >= 0.3 is 0 Å². The van der Waals surface area contributed by atoms with E-state index in [-0.39, 0.29) is 25.3 Å². The van der Waals surface area contributed by atoms with Crippen molar-refractivity contribution in [3.8, 4) is 17.2 Å². The number of rotatable bonds is 5. The van der Waals surface area contributed by atoms with Crippen LogP contribution in [0.4, 0.5) is 0 Å². The van der Waals surface area contributed by atoms with E-state index in [0.717, 1.165) is 0 Å². The molecule has 26 heavy (non-hydrogen) atoms. The Kier molecular flexibility index (Phi) is 4.28. The molecule has 3 heterocycles. The topological polar surface area (TPSA) is 74.0 Å². The van der Waals surface area contributed by atoms with E-state index in [9.17, 15) is 4.79 Å². The Hall–Kier alpha value is -2.96. The van der Waals surface area contributed by atoms with Crippen molar-refractivity contribution in [1.29, 1.82) is 0 Å². The molecule has 0 unspecified atom stereocenters. The van der Waals surface area contributed by atoms with Crippen molar-refractivity contribution in [1.82, 2.24) is 9.88 Å². The summed E-state index contributed by atoms with van der Waals surface area (Å²) < 4.78 is 21.6. The van der Waals surface area contributed by atoms with E-state index in [4.69, 9.17) is 18.6 Å². The molecule has 7 nitrogen and oxygen atoms in total. The van der Waals surface area contributed by atoms with Crippen molar-refractivity contribution >= 4 is 5.91 Å². The highest BCUT2D eigenvalue weighted by Crippen LogP contribution is 2.35. The average molecular weight is 356 g/mol. The molecule has 1 atom stereocenters. The second-order valence-corrected chi connectivity index (χ2v) is 6.55. The number of carbonyl (C=O) groups excluding carboxylic acids is 1.